The molecule has 1 amide bonds. The third-order valence-electron chi connectivity index (χ3n) is 3.38. The van der Waals surface area contributed by atoms with E-state index < -0.39 is 5.97 Å². The number of carbonyl (C=O) groups excluding carboxylic acids is 1. The van der Waals surface area contributed by atoms with Crippen LogP contribution in [0.5, 0.6) is 0 Å². The molecule has 1 aromatic heterocycles. The molecular formula is C14H19N3O4. The minimum Gasteiger partial charge on any atom is -0.481 e. The summed E-state index contributed by atoms with van der Waals surface area (Å²) in [6.45, 7) is 1.33. The number of aromatic nitrogens is 1. The smallest absolute Gasteiger partial charge is 0.303 e. The largest absolute Gasteiger partial charge is 0.481 e. The van der Waals surface area contributed by atoms with Crippen molar-refractivity contribution in [3.8, 4) is 0 Å². The van der Waals surface area contributed by atoms with E-state index in [1.807, 2.05) is 19.2 Å². The highest BCUT2D eigenvalue weighted by atomic mass is 16.5. The summed E-state index contributed by atoms with van der Waals surface area (Å²) >= 11 is 0. The molecule has 1 unspecified atom stereocenters. The molecule has 2 N–H and O–H groups in total. The van der Waals surface area contributed by atoms with Crippen LogP contribution in [-0.2, 0) is 14.3 Å². The molecule has 1 aromatic rings. The summed E-state index contributed by atoms with van der Waals surface area (Å²) in [7, 11) is 1.82. The van der Waals surface area contributed by atoms with Gasteiger partial charge in [-0.1, -0.05) is 0 Å². The van der Waals surface area contributed by atoms with Crippen LogP contribution < -0.4 is 5.32 Å². The quantitative estimate of drug-likeness (QED) is 0.837. The highest BCUT2D eigenvalue weighted by molar-refractivity contribution is 5.80. The zero-order valence-electron chi connectivity index (χ0n) is 11.9. The van der Waals surface area contributed by atoms with E-state index in [1.165, 1.54) is 0 Å². The summed E-state index contributed by atoms with van der Waals surface area (Å²) in [4.78, 5) is 28.4. The Morgan fingerprint density at radius 3 is 2.90 bits per heavy atom. The van der Waals surface area contributed by atoms with Crippen LogP contribution >= 0.6 is 0 Å². The van der Waals surface area contributed by atoms with Crippen molar-refractivity contribution >= 4 is 17.6 Å². The van der Waals surface area contributed by atoms with Crippen molar-refractivity contribution in [1.82, 2.24) is 9.88 Å². The second-order valence-electron chi connectivity index (χ2n) is 4.81. The first kappa shape index (κ1) is 15.2. The molecule has 0 aliphatic carbocycles. The monoisotopic (exact) mass is 293 g/mol. The van der Waals surface area contributed by atoms with Crippen LogP contribution in [0.1, 0.15) is 24.6 Å². The Kier molecular flexibility index (Phi) is 5.10. The lowest BCUT2D eigenvalue weighted by molar-refractivity contribution is -0.144. The van der Waals surface area contributed by atoms with Crippen LogP contribution in [0.4, 0.5) is 5.69 Å². The van der Waals surface area contributed by atoms with Crippen molar-refractivity contribution in [2.24, 2.45) is 0 Å². The van der Waals surface area contributed by atoms with Gasteiger partial charge in [-0.3, -0.25) is 14.6 Å². The summed E-state index contributed by atoms with van der Waals surface area (Å²) in [5.74, 6) is -1.12. The Labute approximate surface area is 122 Å². The minimum atomic E-state index is -0.961. The predicted octanol–water partition coefficient (Wildman–Crippen LogP) is 0.888. The van der Waals surface area contributed by atoms with Gasteiger partial charge in [0.15, 0.2) is 0 Å². The Morgan fingerprint density at radius 1 is 1.48 bits per heavy atom. The number of hydrogen-bond acceptors (Lipinski definition) is 5. The molecule has 0 aromatic carbocycles. The summed E-state index contributed by atoms with van der Waals surface area (Å²) < 4.78 is 5.65. The van der Waals surface area contributed by atoms with Gasteiger partial charge in [-0.2, -0.15) is 0 Å². The van der Waals surface area contributed by atoms with E-state index in [0.29, 0.717) is 19.7 Å². The summed E-state index contributed by atoms with van der Waals surface area (Å²) in [6, 6.07) is 3.76. The van der Waals surface area contributed by atoms with Crippen molar-refractivity contribution in [3.63, 3.8) is 0 Å². The summed E-state index contributed by atoms with van der Waals surface area (Å²) in [5, 5.41) is 11.6. The number of morpholine rings is 1. The zero-order valence-corrected chi connectivity index (χ0v) is 11.9. The van der Waals surface area contributed by atoms with Crippen molar-refractivity contribution in [2.45, 2.75) is 18.9 Å². The maximum atomic E-state index is 12.0. The number of hydrogen-bond donors (Lipinski definition) is 2. The lowest BCUT2D eigenvalue weighted by Gasteiger charge is -2.32. The number of ether oxygens (including phenoxy) is 1. The van der Waals surface area contributed by atoms with Gasteiger partial charge in [-0.25, -0.2) is 0 Å². The van der Waals surface area contributed by atoms with Gasteiger partial charge in [0.05, 0.1) is 37.2 Å². The lowest BCUT2D eigenvalue weighted by atomic mass is 10.1. The van der Waals surface area contributed by atoms with Crippen LogP contribution in [0.25, 0.3) is 0 Å². The summed E-state index contributed by atoms with van der Waals surface area (Å²) in [6.07, 6.45) is 1.33. The topological polar surface area (TPSA) is 91.8 Å². The zero-order chi connectivity index (χ0) is 15.2. The SMILES string of the molecule is CNc1ccc(C2CN(C(=O)CCC(=O)O)CCO2)nc1. The molecule has 0 radical (unpaired) electrons. The van der Waals surface area contributed by atoms with E-state index in [4.69, 9.17) is 9.84 Å². The fourth-order valence-electron chi connectivity index (χ4n) is 2.17. The van der Waals surface area contributed by atoms with E-state index in [0.717, 1.165) is 11.4 Å². The van der Waals surface area contributed by atoms with Crippen LogP contribution in [0, 0.1) is 0 Å². The van der Waals surface area contributed by atoms with Gasteiger partial charge in [0.25, 0.3) is 0 Å². The van der Waals surface area contributed by atoms with E-state index in [1.54, 1.807) is 11.1 Å². The molecule has 0 saturated carbocycles. The number of carbonyl (C=O) groups is 2. The van der Waals surface area contributed by atoms with Crippen LogP contribution in [0.15, 0.2) is 18.3 Å². The highest BCUT2D eigenvalue weighted by Crippen LogP contribution is 2.22. The van der Waals surface area contributed by atoms with Gasteiger partial charge in [0, 0.05) is 20.0 Å². The van der Waals surface area contributed by atoms with E-state index in [9.17, 15) is 9.59 Å². The molecule has 2 heterocycles. The normalized spacial score (nSPS) is 18.3. The fourth-order valence-corrected chi connectivity index (χ4v) is 2.17. The summed E-state index contributed by atoms with van der Waals surface area (Å²) in [5.41, 5.74) is 1.67. The van der Waals surface area contributed by atoms with E-state index >= 15 is 0 Å². The molecule has 0 bridgehead atoms. The molecule has 1 saturated heterocycles. The molecular weight excluding hydrogens is 274 g/mol. The number of anilines is 1. The number of carboxylic acids is 1. The van der Waals surface area contributed by atoms with Crippen molar-refractivity contribution < 1.29 is 19.4 Å². The first-order valence-corrected chi connectivity index (χ1v) is 6.85. The molecule has 1 aliphatic rings. The van der Waals surface area contributed by atoms with E-state index in [-0.39, 0.29) is 24.9 Å². The Bertz CT molecular complexity index is 503. The number of carboxylic acid groups (broad SMARTS) is 1. The first-order chi connectivity index (χ1) is 10.1. The Morgan fingerprint density at radius 2 is 2.29 bits per heavy atom. The Balaban J connectivity index is 1.96. The third kappa shape index (κ3) is 4.16. The number of pyridine rings is 1. The molecule has 1 atom stereocenters. The molecule has 21 heavy (non-hydrogen) atoms. The Hall–Kier alpha value is -2.15. The first-order valence-electron chi connectivity index (χ1n) is 6.85. The third-order valence-corrected chi connectivity index (χ3v) is 3.38. The number of rotatable bonds is 5. The average Bonchev–Trinajstić information content (AvgIpc) is 2.52. The maximum Gasteiger partial charge on any atom is 0.303 e. The second kappa shape index (κ2) is 7.03. The fraction of sp³-hybridized carbons (Fsp3) is 0.500. The number of nitrogens with one attached hydrogen (secondary N) is 1. The van der Waals surface area contributed by atoms with Gasteiger partial charge in [-0.05, 0) is 12.1 Å². The van der Waals surface area contributed by atoms with Gasteiger partial charge in [0.1, 0.15) is 6.10 Å². The van der Waals surface area contributed by atoms with Gasteiger partial charge in [-0.15, -0.1) is 0 Å². The van der Waals surface area contributed by atoms with Crippen LogP contribution in [0.3, 0.4) is 0 Å². The highest BCUT2D eigenvalue weighted by Gasteiger charge is 2.26. The standard InChI is InChI=1S/C14H19N3O4/c1-15-10-2-3-11(16-8-10)12-9-17(6-7-21-12)13(18)4-5-14(19)20/h2-3,8,12,15H,4-7,9H2,1H3,(H,19,20). The van der Waals surface area contributed by atoms with Gasteiger partial charge < -0.3 is 20.1 Å². The number of aliphatic carboxylic acids is 1. The van der Waals surface area contributed by atoms with Crippen LogP contribution in [0.2, 0.25) is 0 Å². The lowest BCUT2D eigenvalue weighted by Crippen LogP contribution is -2.42. The molecule has 114 valence electrons. The van der Waals surface area contributed by atoms with Crippen molar-refractivity contribution in [3.05, 3.63) is 24.0 Å². The molecule has 7 nitrogen and oxygen atoms in total. The van der Waals surface area contributed by atoms with Gasteiger partial charge in [0.2, 0.25) is 5.91 Å². The molecule has 1 fully saturated rings. The van der Waals surface area contributed by atoms with Crippen LogP contribution in [-0.4, -0.2) is 53.6 Å². The molecule has 0 spiro atoms. The molecule has 2 rings (SSSR count). The van der Waals surface area contributed by atoms with Crippen molar-refractivity contribution in [1.29, 1.82) is 0 Å². The maximum absolute atomic E-state index is 12.0. The average molecular weight is 293 g/mol. The minimum absolute atomic E-state index is 0.0220. The molecule has 7 heteroatoms. The van der Waals surface area contributed by atoms with E-state index in [2.05, 4.69) is 10.3 Å². The second-order valence-corrected chi connectivity index (χ2v) is 4.81. The molecule has 1 aliphatic heterocycles. The number of nitrogens with zero attached hydrogens (tertiary/aromatic N) is 2. The van der Waals surface area contributed by atoms with Gasteiger partial charge >= 0.3 is 5.97 Å². The van der Waals surface area contributed by atoms with Crippen molar-refractivity contribution in [2.75, 3.05) is 32.1 Å². The predicted molar refractivity (Wildman–Crippen MR) is 75.9 cm³/mol. The number of amides is 1.